The molecule has 0 aliphatic carbocycles. The molecule has 0 saturated heterocycles. The van der Waals surface area contributed by atoms with Gasteiger partial charge in [-0.2, -0.15) is 15.0 Å². The molecule has 0 radical (unpaired) electrons. The Morgan fingerprint density at radius 3 is 2.33 bits per heavy atom. The molecule has 0 aliphatic heterocycles. The smallest absolute Gasteiger partial charge is 0.288 e. The Labute approximate surface area is 109 Å². The summed E-state index contributed by atoms with van der Waals surface area (Å²) in [5, 5.41) is 0. The van der Waals surface area contributed by atoms with Crippen LogP contribution < -0.4 is 15.5 Å². The van der Waals surface area contributed by atoms with Crippen molar-refractivity contribution in [3.05, 3.63) is 27.0 Å². The summed E-state index contributed by atoms with van der Waals surface area (Å²) in [6, 6.07) is 5.55. The van der Waals surface area contributed by atoms with Crippen molar-refractivity contribution in [2.24, 2.45) is 0 Å². The number of anilines is 2. The second kappa shape index (κ2) is 4.00. The molecule has 0 spiro atoms. The first kappa shape index (κ1) is 11.1. The van der Waals surface area contributed by atoms with Crippen molar-refractivity contribution in [3.63, 3.8) is 0 Å². The first-order chi connectivity index (χ1) is 8.61. The van der Waals surface area contributed by atoms with E-state index in [1.807, 2.05) is 18.2 Å². The van der Waals surface area contributed by atoms with Gasteiger partial charge in [-0.25, -0.2) is 0 Å². The summed E-state index contributed by atoms with van der Waals surface area (Å²) in [4.78, 5) is 23.1. The molecule has 0 atom stereocenters. The highest BCUT2D eigenvalue weighted by atomic mass is 32.2. The number of nitrogens with zero attached hydrogens (tertiary/aromatic N) is 3. The molecular formula is C10H7N5OS2. The average molecular weight is 277 g/mol. The van der Waals surface area contributed by atoms with Crippen LogP contribution in [0, 0.1) is 0 Å². The summed E-state index contributed by atoms with van der Waals surface area (Å²) in [7, 11) is 0. The Balaban J connectivity index is 2.21. The summed E-state index contributed by atoms with van der Waals surface area (Å²) in [6.07, 6.45) is 0. The van der Waals surface area contributed by atoms with E-state index < -0.39 is 0 Å². The highest BCUT2D eigenvalue weighted by molar-refractivity contribution is 7.35. The number of fused-ring (bicyclic) bond motifs is 1. The predicted molar refractivity (Wildman–Crippen MR) is 73.6 cm³/mol. The molecule has 0 aliphatic rings. The third kappa shape index (κ3) is 1.91. The zero-order chi connectivity index (χ0) is 12.7. The van der Waals surface area contributed by atoms with Gasteiger partial charge in [0, 0.05) is 15.0 Å². The molecule has 3 aromatic rings. The van der Waals surface area contributed by atoms with E-state index in [1.54, 1.807) is 0 Å². The van der Waals surface area contributed by atoms with Crippen molar-refractivity contribution in [2.75, 3.05) is 11.5 Å². The van der Waals surface area contributed by atoms with Crippen LogP contribution in [0.3, 0.4) is 0 Å². The zero-order valence-electron chi connectivity index (χ0n) is 8.95. The molecule has 8 heteroatoms. The van der Waals surface area contributed by atoms with Gasteiger partial charge in [-0.05, 0) is 18.2 Å². The maximum Gasteiger partial charge on any atom is 0.288 e. The van der Waals surface area contributed by atoms with Gasteiger partial charge in [0.1, 0.15) is 0 Å². The molecule has 3 rings (SSSR count). The van der Waals surface area contributed by atoms with Gasteiger partial charge in [0.2, 0.25) is 11.9 Å². The summed E-state index contributed by atoms with van der Waals surface area (Å²) >= 11 is 2.42. The lowest BCUT2D eigenvalue weighted by Crippen LogP contribution is -2.04. The number of benzene rings is 1. The van der Waals surface area contributed by atoms with E-state index in [9.17, 15) is 4.79 Å². The second-order valence-corrected chi connectivity index (χ2v) is 5.78. The number of rotatable bonds is 1. The Kier molecular flexibility index (Phi) is 2.46. The zero-order valence-corrected chi connectivity index (χ0v) is 10.6. The third-order valence-corrected chi connectivity index (χ3v) is 4.35. The Morgan fingerprint density at radius 1 is 0.944 bits per heavy atom. The first-order valence-electron chi connectivity index (χ1n) is 4.93. The predicted octanol–water partition coefficient (Wildman–Crippen LogP) is 1.34. The largest absolute Gasteiger partial charge is 0.368 e. The Bertz CT molecular complexity index is 774. The average Bonchev–Trinajstić information content (AvgIpc) is 2.66. The van der Waals surface area contributed by atoms with Crippen molar-refractivity contribution in [1.82, 2.24) is 15.0 Å². The van der Waals surface area contributed by atoms with E-state index in [0.717, 1.165) is 15.0 Å². The fourth-order valence-electron chi connectivity index (χ4n) is 1.55. The van der Waals surface area contributed by atoms with Crippen LogP contribution in [0.5, 0.6) is 0 Å². The lowest BCUT2D eigenvalue weighted by molar-refractivity contribution is 1.09. The maximum absolute atomic E-state index is 11.3. The quantitative estimate of drug-likeness (QED) is 0.695. The van der Waals surface area contributed by atoms with E-state index >= 15 is 0 Å². The maximum atomic E-state index is 11.3. The minimum atomic E-state index is 0.0665. The van der Waals surface area contributed by atoms with Crippen molar-refractivity contribution in [2.45, 2.75) is 0 Å². The standard InChI is InChI=1S/C10H7N5OS2/c11-8-13-7(14-9(12)15-8)4-1-2-5-6(3-4)18-10(16)17-5/h1-3H,(H4,11,12,13,14,15). The summed E-state index contributed by atoms with van der Waals surface area (Å²) in [5.41, 5.74) is 11.8. The molecule has 0 bridgehead atoms. The van der Waals surface area contributed by atoms with E-state index in [0.29, 0.717) is 5.82 Å². The number of nitrogen functional groups attached to an aromatic ring is 2. The second-order valence-electron chi connectivity index (χ2n) is 3.49. The number of hydrogen-bond donors (Lipinski definition) is 2. The molecule has 6 nitrogen and oxygen atoms in total. The molecule has 2 heterocycles. The van der Waals surface area contributed by atoms with Crippen LogP contribution in [-0.2, 0) is 0 Å². The van der Waals surface area contributed by atoms with Gasteiger partial charge in [-0.1, -0.05) is 22.7 Å². The molecule has 90 valence electrons. The number of aromatic nitrogens is 3. The molecule has 18 heavy (non-hydrogen) atoms. The molecule has 4 N–H and O–H groups in total. The minimum absolute atomic E-state index is 0.0665. The van der Waals surface area contributed by atoms with Gasteiger partial charge in [-0.15, -0.1) is 0 Å². The van der Waals surface area contributed by atoms with Crippen molar-refractivity contribution >= 4 is 44.0 Å². The van der Waals surface area contributed by atoms with Crippen LogP contribution >= 0.6 is 22.7 Å². The highest BCUT2D eigenvalue weighted by Crippen LogP contribution is 2.26. The SMILES string of the molecule is Nc1nc(N)nc(-c2ccc3sc(=O)sc3c2)n1. The third-order valence-electron chi connectivity index (χ3n) is 2.26. The molecule has 1 aromatic carbocycles. The summed E-state index contributed by atoms with van der Waals surface area (Å²) in [6.45, 7) is 0. The fourth-order valence-corrected chi connectivity index (χ4v) is 3.51. The Morgan fingerprint density at radius 2 is 1.61 bits per heavy atom. The molecule has 2 aromatic heterocycles. The van der Waals surface area contributed by atoms with Crippen molar-refractivity contribution < 1.29 is 0 Å². The van der Waals surface area contributed by atoms with Gasteiger partial charge >= 0.3 is 0 Å². The van der Waals surface area contributed by atoms with Crippen LogP contribution in [0.2, 0.25) is 0 Å². The van der Waals surface area contributed by atoms with Gasteiger partial charge in [-0.3, -0.25) is 4.79 Å². The summed E-state index contributed by atoms with van der Waals surface area (Å²) in [5.74, 6) is 0.569. The van der Waals surface area contributed by atoms with Crippen LogP contribution in [-0.4, -0.2) is 15.0 Å². The van der Waals surface area contributed by atoms with Crippen LogP contribution in [0.15, 0.2) is 23.0 Å². The molecule has 0 unspecified atom stereocenters. The van der Waals surface area contributed by atoms with Crippen LogP contribution in [0.25, 0.3) is 20.8 Å². The fraction of sp³-hybridized carbons (Fsp3) is 0. The van der Waals surface area contributed by atoms with Gasteiger partial charge in [0.25, 0.3) is 4.06 Å². The topological polar surface area (TPSA) is 108 Å². The highest BCUT2D eigenvalue weighted by Gasteiger charge is 2.07. The van der Waals surface area contributed by atoms with Gasteiger partial charge in [0.15, 0.2) is 5.82 Å². The normalized spacial score (nSPS) is 10.9. The van der Waals surface area contributed by atoms with E-state index in [4.69, 9.17) is 11.5 Å². The molecule has 0 amide bonds. The van der Waals surface area contributed by atoms with Gasteiger partial charge < -0.3 is 11.5 Å². The van der Waals surface area contributed by atoms with Crippen LogP contribution in [0.4, 0.5) is 11.9 Å². The van der Waals surface area contributed by atoms with E-state index in [-0.39, 0.29) is 16.0 Å². The minimum Gasteiger partial charge on any atom is -0.368 e. The Hall–Kier alpha value is -2.06. The lowest BCUT2D eigenvalue weighted by Gasteiger charge is -2.01. The van der Waals surface area contributed by atoms with Gasteiger partial charge in [0.05, 0.1) is 0 Å². The summed E-state index contributed by atoms with van der Waals surface area (Å²) < 4.78 is 1.92. The van der Waals surface area contributed by atoms with E-state index in [1.165, 1.54) is 22.7 Å². The lowest BCUT2D eigenvalue weighted by atomic mass is 10.2. The number of hydrogen-bond acceptors (Lipinski definition) is 8. The van der Waals surface area contributed by atoms with Crippen molar-refractivity contribution in [3.8, 4) is 11.4 Å². The monoisotopic (exact) mass is 277 g/mol. The number of nitrogens with two attached hydrogens (primary N) is 2. The molecule has 0 saturated carbocycles. The molecule has 0 fully saturated rings. The van der Waals surface area contributed by atoms with E-state index in [2.05, 4.69) is 15.0 Å². The van der Waals surface area contributed by atoms with Crippen LogP contribution in [0.1, 0.15) is 0 Å². The van der Waals surface area contributed by atoms with Crippen molar-refractivity contribution in [1.29, 1.82) is 0 Å². The molecular weight excluding hydrogens is 270 g/mol. The first-order valence-corrected chi connectivity index (χ1v) is 6.56.